The zero-order chi connectivity index (χ0) is 31.5. The van der Waals surface area contributed by atoms with E-state index in [0.29, 0.717) is 52.4 Å². The summed E-state index contributed by atoms with van der Waals surface area (Å²) in [6.07, 6.45) is 3.90. The highest BCUT2D eigenvalue weighted by Crippen LogP contribution is 2.44. The van der Waals surface area contributed by atoms with Gasteiger partial charge in [0.05, 0.1) is 47.3 Å². The van der Waals surface area contributed by atoms with Gasteiger partial charge in [-0.15, -0.1) is 0 Å². The molecule has 1 fully saturated rings. The number of fused-ring (bicyclic) bond motifs is 1. The van der Waals surface area contributed by atoms with Crippen molar-refractivity contribution in [3.05, 3.63) is 93.0 Å². The quantitative estimate of drug-likeness (QED) is 0.151. The van der Waals surface area contributed by atoms with Crippen LogP contribution in [0.2, 0.25) is 10.0 Å². The Morgan fingerprint density at radius 3 is 2.53 bits per heavy atom. The Morgan fingerprint density at radius 1 is 0.978 bits per heavy atom. The molecule has 0 saturated carbocycles. The first kappa shape index (κ1) is 30.9. The lowest BCUT2D eigenvalue weighted by molar-refractivity contribution is -0.119. The molecular weight excluding hydrogens is 611 g/mol. The van der Waals surface area contributed by atoms with Crippen LogP contribution in [-0.2, 0) is 17.8 Å². The lowest BCUT2D eigenvalue weighted by Gasteiger charge is -2.19. The van der Waals surface area contributed by atoms with Gasteiger partial charge < -0.3 is 25.4 Å². The molecule has 0 radical (unpaired) electrons. The van der Waals surface area contributed by atoms with E-state index in [9.17, 15) is 9.59 Å². The number of nitrogens with zero attached hydrogens (tertiary/aromatic N) is 1. The number of methoxy groups -OCH3 is 2. The third-order valence-corrected chi connectivity index (χ3v) is 9.26. The maximum absolute atomic E-state index is 11.5. The molecule has 4 aromatic rings. The molecule has 3 aromatic carbocycles. The topological polar surface area (TPSA) is 102 Å². The average Bonchev–Trinajstić information content (AvgIpc) is 3.67. The Bertz CT molecular complexity index is 1760. The van der Waals surface area contributed by atoms with Gasteiger partial charge in [-0.25, -0.2) is 4.98 Å². The van der Waals surface area contributed by atoms with Gasteiger partial charge in [-0.2, -0.15) is 0 Å². The molecule has 232 valence electrons. The van der Waals surface area contributed by atoms with Gasteiger partial charge in [0.15, 0.2) is 6.29 Å². The molecule has 1 aliphatic heterocycles. The predicted molar refractivity (Wildman–Crippen MR) is 178 cm³/mol. The second kappa shape index (κ2) is 13.5. The van der Waals surface area contributed by atoms with Crippen molar-refractivity contribution >= 4 is 41.1 Å². The SMILES string of the molecule is COc1cc(N[C@H]2CCc3c(-c4cccc(-c5ccc(CNC[C@@H]6CCC(=O)N6)c(OC)n5)c4Cl)cccc32)c(Cl)cc1C=O. The van der Waals surface area contributed by atoms with E-state index >= 15 is 0 Å². The summed E-state index contributed by atoms with van der Waals surface area (Å²) in [5, 5.41) is 11.0. The maximum atomic E-state index is 11.5. The van der Waals surface area contributed by atoms with Gasteiger partial charge in [0.25, 0.3) is 0 Å². The number of hydrogen-bond acceptors (Lipinski definition) is 7. The Labute approximate surface area is 272 Å². The highest BCUT2D eigenvalue weighted by molar-refractivity contribution is 6.36. The Kier molecular flexibility index (Phi) is 9.26. The fraction of sp³-hybridized carbons (Fsp3) is 0.286. The number of anilines is 1. The number of nitrogens with one attached hydrogen (secondary N) is 3. The minimum Gasteiger partial charge on any atom is -0.496 e. The van der Waals surface area contributed by atoms with Crippen LogP contribution in [0.3, 0.4) is 0 Å². The molecular formula is C35H34Cl2N4O4. The van der Waals surface area contributed by atoms with Crippen molar-refractivity contribution in [3.63, 3.8) is 0 Å². The summed E-state index contributed by atoms with van der Waals surface area (Å²) >= 11 is 13.7. The van der Waals surface area contributed by atoms with E-state index in [1.165, 1.54) is 18.2 Å². The van der Waals surface area contributed by atoms with Crippen LogP contribution in [0.1, 0.15) is 52.4 Å². The molecule has 45 heavy (non-hydrogen) atoms. The minimum atomic E-state index is 0.0308. The normalized spacial score (nSPS) is 17.1. The fourth-order valence-electron chi connectivity index (χ4n) is 6.27. The number of pyridine rings is 1. The van der Waals surface area contributed by atoms with Crippen LogP contribution >= 0.6 is 23.2 Å². The van der Waals surface area contributed by atoms with Crippen LogP contribution in [0.5, 0.6) is 11.6 Å². The molecule has 1 saturated heterocycles. The van der Waals surface area contributed by atoms with Gasteiger partial charge in [0.1, 0.15) is 5.75 Å². The number of amides is 1. The Hall–Kier alpha value is -4.11. The maximum Gasteiger partial charge on any atom is 0.220 e. The van der Waals surface area contributed by atoms with E-state index in [1.807, 2.05) is 30.3 Å². The third-order valence-electron chi connectivity index (χ3n) is 8.54. The number of ether oxygens (including phenoxy) is 2. The number of rotatable bonds is 11. The summed E-state index contributed by atoms with van der Waals surface area (Å²) in [4.78, 5) is 27.7. The Morgan fingerprint density at radius 2 is 1.78 bits per heavy atom. The molecule has 2 heterocycles. The van der Waals surface area contributed by atoms with Crippen LogP contribution in [0.25, 0.3) is 22.4 Å². The van der Waals surface area contributed by atoms with Crippen molar-refractivity contribution in [2.75, 3.05) is 26.1 Å². The zero-order valence-electron chi connectivity index (χ0n) is 25.1. The van der Waals surface area contributed by atoms with Crippen molar-refractivity contribution in [1.29, 1.82) is 0 Å². The summed E-state index contributed by atoms with van der Waals surface area (Å²) < 4.78 is 11.0. The highest BCUT2D eigenvalue weighted by Gasteiger charge is 2.27. The molecule has 6 rings (SSSR count). The highest BCUT2D eigenvalue weighted by atomic mass is 35.5. The predicted octanol–water partition coefficient (Wildman–Crippen LogP) is 7.02. The van der Waals surface area contributed by atoms with Gasteiger partial charge >= 0.3 is 0 Å². The number of carbonyl (C=O) groups is 2. The minimum absolute atomic E-state index is 0.0308. The Balaban J connectivity index is 1.24. The lowest BCUT2D eigenvalue weighted by Crippen LogP contribution is -2.35. The van der Waals surface area contributed by atoms with Gasteiger partial charge in [-0.1, -0.05) is 65.7 Å². The first-order valence-electron chi connectivity index (χ1n) is 14.9. The van der Waals surface area contributed by atoms with E-state index in [2.05, 4.69) is 34.1 Å². The number of carbonyl (C=O) groups excluding carboxylic acids is 2. The summed E-state index contributed by atoms with van der Waals surface area (Å²) in [5.74, 6) is 1.11. The molecule has 2 aliphatic rings. The molecule has 0 bridgehead atoms. The summed E-state index contributed by atoms with van der Waals surface area (Å²) in [6, 6.07) is 19.8. The second-order valence-electron chi connectivity index (χ2n) is 11.3. The molecule has 10 heteroatoms. The van der Waals surface area contributed by atoms with Crippen molar-refractivity contribution < 1.29 is 19.1 Å². The van der Waals surface area contributed by atoms with Gasteiger partial charge in [0.2, 0.25) is 11.8 Å². The number of aromatic nitrogens is 1. The molecule has 1 aliphatic carbocycles. The van der Waals surface area contributed by atoms with Crippen molar-refractivity contribution in [1.82, 2.24) is 15.6 Å². The number of aldehydes is 1. The van der Waals surface area contributed by atoms with E-state index in [1.54, 1.807) is 19.2 Å². The van der Waals surface area contributed by atoms with Crippen molar-refractivity contribution in [2.24, 2.45) is 0 Å². The van der Waals surface area contributed by atoms with E-state index in [4.69, 9.17) is 37.7 Å². The number of halogens is 2. The van der Waals surface area contributed by atoms with Gasteiger partial charge in [-0.3, -0.25) is 9.59 Å². The van der Waals surface area contributed by atoms with E-state index < -0.39 is 0 Å². The fourth-order valence-corrected chi connectivity index (χ4v) is 6.82. The molecule has 3 N–H and O–H groups in total. The lowest BCUT2D eigenvalue weighted by atomic mass is 9.94. The van der Waals surface area contributed by atoms with Crippen LogP contribution in [-0.4, -0.2) is 44.0 Å². The first-order valence-corrected chi connectivity index (χ1v) is 15.7. The summed E-state index contributed by atoms with van der Waals surface area (Å²) in [5.41, 5.74) is 8.01. The molecule has 8 nitrogen and oxygen atoms in total. The van der Waals surface area contributed by atoms with Gasteiger partial charge in [-0.05, 0) is 48.1 Å². The number of benzene rings is 3. The zero-order valence-corrected chi connectivity index (χ0v) is 26.6. The smallest absolute Gasteiger partial charge is 0.220 e. The van der Waals surface area contributed by atoms with Crippen LogP contribution in [0, 0.1) is 0 Å². The molecule has 2 atom stereocenters. The van der Waals surface area contributed by atoms with E-state index in [-0.39, 0.29) is 18.0 Å². The molecule has 1 aromatic heterocycles. The third kappa shape index (κ3) is 6.36. The van der Waals surface area contributed by atoms with E-state index in [0.717, 1.165) is 53.5 Å². The first-order chi connectivity index (χ1) is 21.9. The standard InChI is InChI=1S/C35H34Cl2N4O4/c1-44-32-16-31(28(36)15-21(32)19-42)40-29-13-11-24-23(5-3-6-25(24)29)26-7-4-8-27(34(26)37)30-12-9-20(35(41-30)45-2)17-38-18-22-10-14-33(43)39-22/h3-9,12,15-16,19,22,29,38,40H,10-11,13-14,17-18H2,1-2H3,(H,39,43)/t22-,29-/m0/s1. The van der Waals surface area contributed by atoms with Crippen LogP contribution in [0.15, 0.2) is 60.7 Å². The van der Waals surface area contributed by atoms with Crippen LogP contribution < -0.4 is 25.4 Å². The van der Waals surface area contributed by atoms with Crippen molar-refractivity contribution in [3.8, 4) is 34.0 Å². The van der Waals surface area contributed by atoms with Gasteiger partial charge in [0, 0.05) is 48.3 Å². The second-order valence-corrected chi connectivity index (χ2v) is 12.1. The average molecular weight is 646 g/mol. The largest absolute Gasteiger partial charge is 0.496 e. The number of hydrogen-bond donors (Lipinski definition) is 3. The molecule has 0 spiro atoms. The summed E-state index contributed by atoms with van der Waals surface area (Å²) in [7, 11) is 3.15. The van der Waals surface area contributed by atoms with Crippen LogP contribution in [0.4, 0.5) is 5.69 Å². The summed E-state index contributed by atoms with van der Waals surface area (Å²) in [6.45, 7) is 1.26. The molecule has 1 amide bonds. The monoisotopic (exact) mass is 644 g/mol. The molecule has 0 unspecified atom stereocenters. The van der Waals surface area contributed by atoms with Crippen molar-refractivity contribution in [2.45, 2.75) is 44.3 Å².